The van der Waals surface area contributed by atoms with Crippen molar-refractivity contribution in [1.82, 2.24) is 0 Å². The third kappa shape index (κ3) is 2.01. The maximum atomic E-state index is 10.6. The van der Waals surface area contributed by atoms with Gasteiger partial charge in [0.25, 0.3) is 0 Å². The zero-order valence-electron chi connectivity index (χ0n) is 15.4. The standard InChI is InChI=1S/C21H34O3/c1-19-9-10-21(23-11-12-24-21)13-14(19)3-4-15-16-5-6-18(22)20(16,2)8-7-17(15)19/h14-18,22H,3-13H2,1-2H3/t14-,15-,16-,17+,18-,19+,20+/m0/s1. The molecule has 136 valence electrons. The molecule has 0 aromatic heterocycles. The summed E-state index contributed by atoms with van der Waals surface area (Å²) in [6.45, 7) is 6.54. The molecule has 5 rings (SSSR count). The van der Waals surface area contributed by atoms with Gasteiger partial charge in [-0.3, -0.25) is 0 Å². The number of fused-ring (bicyclic) bond motifs is 5. The molecule has 1 spiro atoms. The Morgan fingerprint density at radius 3 is 2.33 bits per heavy atom. The van der Waals surface area contributed by atoms with Crippen LogP contribution >= 0.6 is 0 Å². The van der Waals surface area contributed by atoms with Gasteiger partial charge in [-0.15, -0.1) is 0 Å². The first-order valence-electron chi connectivity index (χ1n) is 10.4. The van der Waals surface area contributed by atoms with Crippen LogP contribution in [0.1, 0.15) is 71.6 Å². The molecule has 1 N–H and O–H groups in total. The molecule has 5 aliphatic rings. The Bertz CT molecular complexity index is 513. The van der Waals surface area contributed by atoms with Crippen molar-refractivity contribution in [3.05, 3.63) is 0 Å². The quantitative estimate of drug-likeness (QED) is 0.724. The number of aliphatic hydroxyl groups is 1. The fourth-order valence-corrected chi connectivity index (χ4v) is 7.93. The Morgan fingerprint density at radius 2 is 1.54 bits per heavy atom. The van der Waals surface area contributed by atoms with Gasteiger partial charge in [0.1, 0.15) is 0 Å². The minimum atomic E-state index is -0.232. The Balaban J connectivity index is 1.41. The van der Waals surface area contributed by atoms with Gasteiger partial charge in [0, 0.05) is 12.8 Å². The van der Waals surface area contributed by atoms with E-state index in [9.17, 15) is 5.11 Å². The van der Waals surface area contributed by atoms with Crippen LogP contribution in [-0.4, -0.2) is 30.2 Å². The van der Waals surface area contributed by atoms with Crippen LogP contribution < -0.4 is 0 Å². The molecule has 4 aliphatic carbocycles. The SMILES string of the molecule is C[C@@]12CC[C@@H]3[C@@H](CC[C@H]4CC5(CC[C@]43C)OCCO5)[C@@H]1CC[C@@H]2O. The van der Waals surface area contributed by atoms with Crippen LogP contribution in [0.15, 0.2) is 0 Å². The van der Waals surface area contributed by atoms with E-state index in [1.807, 2.05) is 0 Å². The highest BCUT2D eigenvalue weighted by Gasteiger charge is 2.61. The molecule has 0 bridgehead atoms. The minimum Gasteiger partial charge on any atom is -0.393 e. The number of ether oxygens (including phenoxy) is 2. The highest BCUT2D eigenvalue weighted by Crippen LogP contribution is 2.67. The molecule has 0 aromatic carbocycles. The van der Waals surface area contributed by atoms with E-state index in [4.69, 9.17) is 9.47 Å². The maximum Gasteiger partial charge on any atom is 0.168 e. The molecule has 4 saturated carbocycles. The Labute approximate surface area is 146 Å². The van der Waals surface area contributed by atoms with E-state index in [1.54, 1.807) is 0 Å². The van der Waals surface area contributed by atoms with Crippen LogP contribution in [0.4, 0.5) is 0 Å². The van der Waals surface area contributed by atoms with Gasteiger partial charge in [-0.05, 0) is 79.4 Å². The fourth-order valence-electron chi connectivity index (χ4n) is 7.93. The zero-order chi connectivity index (χ0) is 16.6. The normalized spacial score (nSPS) is 55.9. The van der Waals surface area contributed by atoms with Crippen molar-refractivity contribution in [2.45, 2.75) is 83.5 Å². The van der Waals surface area contributed by atoms with Gasteiger partial charge in [0.15, 0.2) is 5.79 Å². The second kappa shape index (κ2) is 5.20. The summed E-state index contributed by atoms with van der Waals surface area (Å²) in [7, 11) is 0. The Morgan fingerprint density at radius 1 is 0.792 bits per heavy atom. The summed E-state index contributed by atoms with van der Waals surface area (Å²) in [6.07, 6.45) is 11.0. The monoisotopic (exact) mass is 334 g/mol. The van der Waals surface area contributed by atoms with Crippen LogP contribution in [0.25, 0.3) is 0 Å². The summed E-state index contributed by atoms with van der Waals surface area (Å²) in [4.78, 5) is 0. The van der Waals surface area contributed by atoms with Gasteiger partial charge in [-0.25, -0.2) is 0 Å². The van der Waals surface area contributed by atoms with Crippen molar-refractivity contribution in [2.24, 2.45) is 34.5 Å². The van der Waals surface area contributed by atoms with E-state index >= 15 is 0 Å². The van der Waals surface area contributed by atoms with Crippen LogP contribution in [-0.2, 0) is 9.47 Å². The van der Waals surface area contributed by atoms with Gasteiger partial charge in [-0.2, -0.15) is 0 Å². The summed E-state index contributed by atoms with van der Waals surface area (Å²) < 4.78 is 12.1. The highest BCUT2D eigenvalue weighted by molar-refractivity contribution is 5.10. The van der Waals surface area contributed by atoms with Crippen molar-refractivity contribution < 1.29 is 14.6 Å². The Kier molecular flexibility index (Phi) is 3.49. The lowest BCUT2D eigenvalue weighted by molar-refractivity contribution is -0.230. The largest absolute Gasteiger partial charge is 0.393 e. The number of hydrogen-bond acceptors (Lipinski definition) is 3. The van der Waals surface area contributed by atoms with E-state index in [0.717, 1.165) is 56.1 Å². The van der Waals surface area contributed by atoms with Crippen molar-refractivity contribution in [1.29, 1.82) is 0 Å². The average Bonchev–Trinajstić information content (AvgIpc) is 3.14. The molecule has 7 atom stereocenters. The average molecular weight is 334 g/mol. The molecule has 1 saturated heterocycles. The van der Waals surface area contributed by atoms with Crippen LogP contribution in [0.3, 0.4) is 0 Å². The first kappa shape index (κ1) is 16.1. The third-order valence-electron chi connectivity index (χ3n) is 9.43. The zero-order valence-corrected chi connectivity index (χ0v) is 15.4. The number of rotatable bonds is 0. The lowest BCUT2D eigenvalue weighted by Crippen LogP contribution is -2.56. The van der Waals surface area contributed by atoms with Crippen LogP contribution in [0.5, 0.6) is 0 Å². The second-order valence-electron chi connectivity index (χ2n) is 10.1. The van der Waals surface area contributed by atoms with E-state index in [2.05, 4.69) is 13.8 Å². The van der Waals surface area contributed by atoms with Gasteiger partial charge in [0.2, 0.25) is 0 Å². The van der Waals surface area contributed by atoms with Gasteiger partial charge < -0.3 is 14.6 Å². The van der Waals surface area contributed by atoms with Crippen molar-refractivity contribution in [3.8, 4) is 0 Å². The predicted octanol–water partition coefficient (Wildman–Crippen LogP) is 4.13. The molecule has 24 heavy (non-hydrogen) atoms. The van der Waals surface area contributed by atoms with Crippen molar-refractivity contribution >= 4 is 0 Å². The molecule has 3 heteroatoms. The predicted molar refractivity (Wildman–Crippen MR) is 92.4 cm³/mol. The molecule has 1 heterocycles. The summed E-state index contributed by atoms with van der Waals surface area (Å²) in [5.74, 6) is 3.00. The molecular weight excluding hydrogens is 300 g/mol. The van der Waals surface area contributed by atoms with E-state index < -0.39 is 0 Å². The molecule has 0 amide bonds. The topological polar surface area (TPSA) is 38.7 Å². The van der Waals surface area contributed by atoms with Crippen LogP contribution in [0, 0.1) is 34.5 Å². The summed E-state index contributed by atoms with van der Waals surface area (Å²) >= 11 is 0. The van der Waals surface area contributed by atoms with E-state index in [-0.39, 0.29) is 17.3 Å². The molecule has 0 radical (unpaired) electrons. The molecular formula is C21H34O3. The van der Waals surface area contributed by atoms with Gasteiger partial charge in [0.05, 0.1) is 19.3 Å². The lowest BCUT2D eigenvalue weighted by Gasteiger charge is -2.61. The van der Waals surface area contributed by atoms with Crippen molar-refractivity contribution in [2.75, 3.05) is 13.2 Å². The molecule has 0 unspecified atom stereocenters. The fraction of sp³-hybridized carbons (Fsp3) is 1.00. The number of hydrogen-bond donors (Lipinski definition) is 1. The molecule has 3 nitrogen and oxygen atoms in total. The third-order valence-corrected chi connectivity index (χ3v) is 9.43. The maximum absolute atomic E-state index is 10.6. The molecule has 0 aromatic rings. The molecule has 1 aliphatic heterocycles. The van der Waals surface area contributed by atoms with Gasteiger partial charge >= 0.3 is 0 Å². The number of aliphatic hydroxyl groups excluding tert-OH is 1. The first-order chi connectivity index (χ1) is 11.5. The molecule has 5 fully saturated rings. The Hall–Kier alpha value is -0.120. The highest BCUT2D eigenvalue weighted by atomic mass is 16.7. The summed E-state index contributed by atoms with van der Waals surface area (Å²) in [5.41, 5.74) is 0.677. The van der Waals surface area contributed by atoms with Crippen LogP contribution in [0.2, 0.25) is 0 Å². The van der Waals surface area contributed by atoms with Crippen molar-refractivity contribution in [3.63, 3.8) is 0 Å². The van der Waals surface area contributed by atoms with E-state index in [1.165, 1.54) is 38.5 Å². The second-order valence-corrected chi connectivity index (χ2v) is 10.1. The smallest absolute Gasteiger partial charge is 0.168 e. The minimum absolute atomic E-state index is 0.0520. The van der Waals surface area contributed by atoms with Gasteiger partial charge in [-0.1, -0.05) is 13.8 Å². The van der Waals surface area contributed by atoms with E-state index in [0.29, 0.717) is 5.41 Å². The lowest BCUT2D eigenvalue weighted by atomic mass is 9.45. The summed E-state index contributed by atoms with van der Waals surface area (Å²) in [6, 6.07) is 0. The first-order valence-corrected chi connectivity index (χ1v) is 10.4. The summed E-state index contributed by atoms with van der Waals surface area (Å²) in [5, 5.41) is 10.6.